The second-order valence-corrected chi connectivity index (χ2v) is 6.15. The van der Waals surface area contributed by atoms with Crippen LogP contribution in [-0.4, -0.2) is 35.7 Å². The molecule has 1 amide bonds. The summed E-state index contributed by atoms with van der Waals surface area (Å²) in [6, 6.07) is 1.84. The summed E-state index contributed by atoms with van der Waals surface area (Å²) < 4.78 is 31.4. The Labute approximate surface area is 128 Å². The Bertz CT molecular complexity index is 789. The van der Waals surface area contributed by atoms with E-state index in [1.54, 1.807) is 0 Å². The highest BCUT2D eigenvalue weighted by Gasteiger charge is 2.31. The van der Waals surface area contributed by atoms with E-state index in [0.717, 1.165) is 12.1 Å². The first-order valence-electron chi connectivity index (χ1n) is 5.21. The minimum absolute atomic E-state index is 0.129. The fourth-order valence-corrected chi connectivity index (χ4v) is 2.94. The minimum Gasteiger partial charge on any atom is -0.477 e. The predicted octanol–water partition coefficient (Wildman–Crippen LogP) is 1.42. The van der Waals surface area contributed by atoms with E-state index in [1.807, 2.05) is 0 Å². The van der Waals surface area contributed by atoms with E-state index in [-0.39, 0.29) is 15.7 Å². The largest absolute Gasteiger partial charge is 0.477 e. The van der Waals surface area contributed by atoms with Crippen molar-refractivity contribution in [2.45, 2.75) is 11.3 Å². The van der Waals surface area contributed by atoms with E-state index in [4.69, 9.17) is 32.9 Å². The number of aliphatic carboxylic acids is 1. The number of hydrazone groups is 1. The molecule has 112 valence electrons. The van der Waals surface area contributed by atoms with Gasteiger partial charge in [-0.05, 0) is 12.1 Å². The predicted molar refractivity (Wildman–Crippen MR) is 73.5 cm³/mol. The Morgan fingerprint density at radius 1 is 1.29 bits per heavy atom. The highest BCUT2D eigenvalue weighted by molar-refractivity contribution is 7.86. The van der Waals surface area contributed by atoms with Gasteiger partial charge in [-0.15, -0.1) is 0 Å². The number of rotatable bonds is 3. The van der Waals surface area contributed by atoms with Crippen molar-refractivity contribution in [1.29, 1.82) is 0 Å². The van der Waals surface area contributed by atoms with Crippen LogP contribution in [0.5, 0.6) is 0 Å². The number of hydrogen-bond donors (Lipinski definition) is 2. The second-order valence-electron chi connectivity index (χ2n) is 3.94. The van der Waals surface area contributed by atoms with E-state index in [2.05, 4.69) is 5.10 Å². The highest BCUT2D eigenvalue weighted by atomic mass is 35.5. The fraction of sp³-hybridized carbons (Fsp3) is 0.100. The van der Waals surface area contributed by atoms with Crippen LogP contribution in [0, 0.1) is 0 Å². The first kappa shape index (κ1) is 15.7. The van der Waals surface area contributed by atoms with Gasteiger partial charge in [-0.2, -0.15) is 18.5 Å². The first-order chi connectivity index (χ1) is 9.61. The summed E-state index contributed by atoms with van der Waals surface area (Å²) in [5, 5.41) is 12.5. The van der Waals surface area contributed by atoms with Crippen LogP contribution in [0.2, 0.25) is 10.0 Å². The van der Waals surface area contributed by atoms with Crippen molar-refractivity contribution in [2.24, 2.45) is 5.10 Å². The molecule has 1 aliphatic heterocycles. The van der Waals surface area contributed by atoms with Crippen molar-refractivity contribution in [3.05, 3.63) is 22.2 Å². The molecular weight excluding hydrogens is 347 g/mol. The van der Waals surface area contributed by atoms with Gasteiger partial charge in [-0.25, -0.2) is 4.79 Å². The molecule has 0 atom stereocenters. The lowest BCUT2D eigenvalue weighted by Gasteiger charge is -2.15. The summed E-state index contributed by atoms with van der Waals surface area (Å²) in [5.41, 5.74) is -0.616. The molecule has 2 rings (SSSR count). The average Bonchev–Trinajstić information content (AvgIpc) is 2.70. The number of carboxylic acids is 1. The fourth-order valence-electron chi connectivity index (χ4n) is 1.61. The third-order valence-electron chi connectivity index (χ3n) is 2.53. The van der Waals surface area contributed by atoms with Crippen LogP contribution in [0.15, 0.2) is 22.1 Å². The van der Waals surface area contributed by atoms with Crippen LogP contribution in [0.1, 0.15) is 6.42 Å². The SMILES string of the molecule is O=C(O)C1=NN(c2cc(S(=O)(=O)O)c(Cl)cc2Cl)C(=O)C1. The van der Waals surface area contributed by atoms with Crippen molar-refractivity contribution in [3.8, 4) is 0 Å². The van der Waals surface area contributed by atoms with Gasteiger partial charge in [0.2, 0.25) is 0 Å². The van der Waals surface area contributed by atoms with E-state index < -0.39 is 39.0 Å². The standard InChI is InChI=1S/C10H6Cl2N2O6S/c11-4-1-5(12)8(21(18,19)20)3-7(4)14-9(15)2-6(13-14)10(16)17/h1,3H,2H2,(H,16,17)(H,18,19,20). The minimum atomic E-state index is -4.64. The summed E-state index contributed by atoms with van der Waals surface area (Å²) in [6.45, 7) is 0. The Morgan fingerprint density at radius 3 is 2.38 bits per heavy atom. The number of anilines is 1. The summed E-state index contributed by atoms with van der Waals surface area (Å²) >= 11 is 11.5. The molecule has 0 unspecified atom stereocenters. The first-order valence-corrected chi connectivity index (χ1v) is 7.41. The molecule has 0 saturated heterocycles. The number of nitrogens with zero attached hydrogens (tertiary/aromatic N) is 2. The summed E-state index contributed by atoms with van der Waals surface area (Å²) in [6.07, 6.45) is -0.463. The topological polar surface area (TPSA) is 124 Å². The Morgan fingerprint density at radius 2 is 1.90 bits per heavy atom. The van der Waals surface area contributed by atoms with Crippen LogP contribution in [-0.2, 0) is 19.7 Å². The van der Waals surface area contributed by atoms with Gasteiger partial charge in [-0.1, -0.05) is 23.2 Å². The van der Waals surface area contributed by atoms with Gasteiger partial charge in [0.05, 0.1) is 22.2 Å². The average molecular weight is 353 g/mol. The zero-order valence-corrected chi connectivity index (χ0v) is 12.3. The lowest BCUT2D eigenvalue weighted by molar-refractivity contribution is -0.129. The quantitative estimate of drug-likeness (QED) is 0.792. The van der Waals surface area contributed by atoms with Crippen LogP contribution >= 0.6 is 23.2 Å². The molecule has 21 heavy (non-hydrogen) atoms. The monoisotopic (exact) mass is 352 g/mol. The van der Waals surface area contributed by atoms with Crippen LogP contribution < -0.4 is 5.01 Å². The number of carbonyl (C=O) groups is 2. The molecule has 1 aliphatic rings. The maximum absolute atomic E-state index is 11.7. The lowest BCUT2D eigenvalue weighted by atomic mass is 10.2. The van der Waals surface area contributed by atoms with Crippen molar-refractivity contribution >= 4 is 56.6 Å². The van der Waals surface area contributed by atoms with Gasteiger partial charge < -0.3 is 5.11 Å². The maximum atomic E-state index is 11.7. The molecule has 0 saturated carbocycles. The maximum Gasteiger partial charge on any atom is 0.352 e. The number of hydrogen-bond acceptors (Lipinski definition) is 5. The van der Waals surface area contributed by atoms with E-state index in [1.165, 1.54) is 0 Å². The Balaban J connectivity index is 2.60. The van der Waals surface area contributed by atoms with Gasteiger partial charge >= 0.3 is 5.97 Å². The lowest BCUT2D eigenvalue weighted by Crippen LogP contribution is -2.20. The molecule has 0 fully saturated rings. The van der Waals surface area contributed by atoms with Gasteiger partial charge in [0.15, 0.2) is 5.71 Å². The highest BCUT2D eigenvalue weighted by Crippen LogP contribution is 2.35. The zero-order valence-electron chi connectivity index (χ0n) is 9.95. The number of benzene rings is 1. The van der Waals surface area contributed by atoms with Crippen LogP contribution in [0.3, 0.4) is 0 Å². The molecule has 0 bridgehead atoms. The second kappa shape index (κ2) is 5.26. The number of amides is 1. The zero-order chi connectivity index (χ0) is 15.9. The van der Waals surface area contributed by atoms with E-state index in [9.17, 15) is 18.0 Å². The number of carbonyl (C=O) groups excluding carboxylic acids is 1. The molecule has 0 spiro atoms. The smallest absolute Gasteiger partial charge is 0.352 e. The Hall–Kier alpha value is -1.68. The van der Waals surface area contributed by atoms with Crippen LogP contribution in [0.25, 0.3) is 0 Å². The van der Waals surface area contributed by atoms with Crippen molar-refractivity contribution in [2.75, 3.05) is 5.01 Å². The molecule has 0 aliphatic carbocycles. The molecule has 1 heterocycles. The van der Waals surface area contributed by atoms with E-state index in [0.29, 0.717) is 5.01 Å². The van der Waals surface area contributed by atoms with Gasteiger partial charge in [0, 0.05) is 0 Å². The third kappa shape index (κ3) is 3.00. The van der Waals surface area contributed by atoms with Crippen LogP contribution in [0.4, 0.5) is 5.69 Å². The molecule has 11 heteroatoms. The Kier molecular flexibility index (Phi) is 3.93. The van der Waals surface area contributed by atoms with Gasteiger partial charge in [0.1, 0.15) is 4.90 Å². The van der Waals surface area contributed by atoms with Crippen molar-refractivity contribution in [3.63, 3.8) is 0 Å². The number of halogens is 2. The molecular formula is C10H6Cl2N2O6S. The van der Waals surface area contributed by atoms with E-state index >= 15 is 0 Å². The number of carboxylic acid groups (broad SMARTS) is 1. The van der Waals surface area contributed by atoms with Gasteiger partial charge in [0.25, 0.3) is 16.0 Å². The molecule has 1 aromatic carbocycles. The summed E-state index contributed by atoms with van der Waals surface area (Å²) in [5.74, 6) is -2.09. The summed E-state index contributed by atoms with van der Waals surface area (Å²) in [7, 11) is -4.64. The normalized spacial score (nSPS) is 15.3. The molecule has 2 N–H and O–H groups in total. The molecule has 1 aromatic rings. The third-order valence-corrected chi connectivity index (χ3v) is 4.15. The molecule has 0 radical (unpaired) electrons. The molecule has 0 aromatic heterocycles. The summed E-state index contributed by atoms with van der Waals surface area (Å²) in [4.78, 5) is 21.9. The van der Waals surface area contributed by atoms with Crippen molar-refractivity contribution in [1.82, 2.24) is 0 Å². The van der Waals surface area contributed by atoms with Crippen molar-refractivity contribution < 1.29 is 27.7 Å². The van der Waals surface area contributed by atoms with Gasteiger partial charge in [-0.3, -0.25) is 9.35 Å². The molecule has 8 nitrogen and oxygen atoms in total.